The number of pyridine rings is 1. The van der Waals surface area contributed by atoms with E-state index in [0.717, 1.165) is 33.3 Å². The molecule has 0 unspecified atom stereocenters. The van der Waals surface area contributed by atoms with E-state index < -0.39 is 0 Å². The second-order valence-electron chi connectivity index (χ2n) is 8.39. The molecule has 1 aliphatic rings. The number of nitrogens with one attached hydrogen (secondary N) is 1. The Labute approximate surface area is 207 Å². The Morgan fingerprint density at radius 3 is 2.46 bits per heavy atom. The number of benzene rings is 3. The van der Waals surface area contributed by atoms with Gasteiger partial charge >= 0.3 is 0 Å². The van der Waals surface area contributed by atoms with Gasteiger partial charge in [0.05, 0.1) is 23.9 Å². The van der Waals surface area contributed by atoms with E-state index in [-0.39, 0.29) is 17.5 Å². The van der Waals surface area contributed by atoms with Crippen molar-refractivity contribution in [1.82, 2.24) is 9.99 Å². The average Bonchev–Trinajstić information content (AvgIpc) is 3.30. The Balaban J connectivity index is 1.66. The first kappa shape index (κ1) is 22.9. The van der Waals surface area contributed by atoms with E-state index >= 15 is 0 Å². The number of rotatable bonds is 5. The summed E-state index contributed by atoms with van der Waals surface area (Å²) in [5.41, 5.74) is 4.07. The van der Waals surface area contributed by atoms with Gasteiger partial charge in [0.1, 0.15) is 5.75 Å². The van der Waals surface area contributed by atoms with E-state index in [0.29, 0.717) is 29.3 Å². The lowest BCUT2D eigenvalue weighted by Gasteiger charge is -2.20. The van der Waals surface area contributed by atoms with Gasteiger partial charge in [-0.3, -0.25) is 9.59 Å². The summed E-state index contributed by atoms with van der Waals surface area (Å²) in [4.78, 5) is 29.0. The second-order valence-corrected chi connectivity index (χ2v) is 8.83. The Morgan fingerprint density at radius 2 is 1.77 bits per heavy atom. The predicted octanol–water partition coefficient (Wildman–Crippen LogP) is 5.94. The minimum absolute atomic E-state index is 0.191. The van der Waals surface area contributed by atoms with Crippen LogP contribution in [0.5, 0.6) is 5.75 Å². The van der Waals surface area contributed by atoms with Crippen LogP contribution in [-0.2, 0) is 4.79 Å². The molecule has 1 amide bonds. The van der Waals surface area contributed by atoms with Crippen LogP contribution in [0.15, 0.2) is 82.7 Å². The van der Waals surface area contributed by atoms with Gasteiger partial charge in [0, 0.05) is 34.8 Å². The van der Waals surface area contributed by atoms with Gasteiger partial charge in [-0.15, -0.1) is 0 Å². The summed E-state index contributed by atoms with van der Waals surface area (Å²) in [5, 5.41) is 7.64. The number of halogens is 1. The van der Waals surface area contributed by atoms with Crippen molar-refractivity contribution < 1.29 is 9.53 Å². The number of carbonyl (C=O) groups is 1. The number of hydrogen-bond acceptors (Lipinski definition) is 4. The molecule has 5 rings (SSSR count). The van der Waals surface area contributed by atoms with Crippen molar-refractivity contribution in [2.24, 2.45) is 5.10 Å². The third-order valence-electron chi connectivity index (χ3n) is 6.15. The minimum Gasteiger partial charge on any atom is -0.494 e. The van der Waals surface area contributed by atoms with Crippen molar-refractivity contribution in [3.8, 4) is 16.9 Å². The molecule has 1 N–H and O–H groups in total. The quantitative estimate of drug-likeness (QED) is 0.380. The number of aromatic nitrogens is 1. The van der Waals surface area contributed by atoms with E-state index in [9.17, 15) is 9.59 Å². The molecular formula is C28H24ClN3O3. The van der Waals surface area contributed by atoms with Crippen molar-refractivity contribution in [1.29, 1.82) is 0 Å². The van der Waals surface area contributed by atoms with Gasteiger partial charge in [-0.1, -0.05) is 54.1 Å². The number of fused-ring (bicyclic) bond motifs is 1. The van der Waals surface area contributed by atoms with Crippen LogP contribution in [0.4, 0.5) is 0 Å². The van der Waals surface area contributed by atoms with Crippen LogP contribution < -0.4 is 10.3 Å². The number of hydrogen-bond donors (Lipinski definition) is 1. The summed E-state index contributed by atoms with van der Waals surface area (Å²) in [5.74, 6) is 0.574. The number of hydrazone groups is 1. The molecule has 0 saturated carbocycles. The van der Waals surface area contributed by atoms with Gasteiger partial charge in [0.2, 0.25) is 5.91 Å². The molecule has 0 saturated heterocycles. The normalized spacial score (nSPS) is 15.3. The highest BCUT2D eigenvalue weighted by molar-refractivity contribution is 6.30. The number of nitrogens with zero attached hydrogens (tertiary/aromatic N) is 2. The maximum atomic E-state index is 13.4. The molecular weight excluding hydrogens is 462 g/mol. The lowest BCUT2D eigenvalue weighted by atomic mass is 9.91. The van der Waals surface area contributed by atoms with Crippen LogP contribution in [0, 0.1) is 0 Å². The molecule has 0 bridgehead atoms. The van der Waals surface area contributed by atoms with E-state index in [4.69, 9.17) is 16.3 Å². The highest BCUT2D eigenvalue weighted by atomic mass is 35.5. The number of carbonyl (C=O) groups excluding carboxylic acids is 1. The molecule has 4 aromatic rings. The highest BCUT2D eigenvalue weighted by Crippen LogP contribution is 2.37. The number of amides is 1. The van der Waals surface area contributed by atoms with Crippen LogP contribution in [0.25, 0.3) is 22.0 Å². The molecule has 35 heavy (non-hydrogen) atoms. The summed E-state index contributed by atoms with van der Waals surface area (Å²) >= 11 is 6.14. The Kier molecular flexibility index (Phi) is 6.14. The largest absolute Gasteiger partial charge is 0.494 e. The topological polar surface area (TPSA) is 74.8 Å². The molecule has 1 aromatic heterocycles. The number of aromatic amines is 1. The molecule has 3 aromatic carbocycles. The third-order valence-corrected chi connectivity index (χ3v) is 6.40. The van der Waals surface area contributed by atoms with Crippen LogP contribution in [0.1, 0.15) is 37.4 Å². The van der Waals surface area contributed by atoms with E-state index in [1.54, 1.807) is 12.1 Å². The molecule has 0 spiro atoms. The van der Waals surface area contributed by atoms with Crippen molar-refractivity contribution in [3.05, 3.63) is 99.3 Å². The molecule has 0 aliphatic carbocycles. The predicted molar refractivity (Wildman–Crippen MR) is 139 cm³/mol. The van der Waals surface area contributed by atoms with Crippen molar-refractivity contribution in [2.45, 2.75) is 26.3 Å². The van der Waals surface area contributed by atoms with E-state index in [1.165, 1.54) is 11.9 Å². The molecule has 176 valence electrons. The third kappa shape index (κ3) is 4.33. The first-order valence-corrected chi connectivity index (χ1v) is 11.9. The Morgan fingerprint density at radius 1 is 1.06 bits per heavy atom. The average molecular weight is 486 g/mol. The van der Waals surface area contributed by atoms with Crippen molar-refractivity contribution in [2.75, 3.05) is 6.61 Å². The van der Waals surface area contributed by atoms with Gasteiger partial charge in [-0.25, -0.2) is 5.01 Å². The van der Waals surface area contributed by atoms with Crippen molar-refractivity contribution in [3.63, 3.8) is 0 Å². The highest BCUT2D eigenvalue weighted by Gasteiger charge is 2.34. The van der Waals surface area contributed by atoms with Gasteiger partial charge < -0.3 is 9.72 Å². The molecule has 7 heteroatoms. The lowest BCUT2D eigenvalue weighted by Crippen LogP contribution is -2.24. The molecule has 2 heterocycles. The standard InChI is InChI=1S/C28H24ClN3O3/c1-3-35-21-14-10-18(11-15-21)25-16-24(31-32(25)17(2)33)27-26(19-8-12-20(29)13-9-19)22-6-4-5-7-23(22)30-28(27)34/h4-15,25H,3,16H2,1-2H3,(H,30,34)/t25-/m1/s1. The summed E-state index contributed by atoms with van der Waals surface area (Å²) in [7, 11) is 0. The van der Waals surface area contributed by atoms with Gasteiger partial charge in [0.15, 0.2) is 0 Å². The van der Waals surface area contributed by atoms with Gasteiger partial charge in [0.25, 0.3) is 5.56 Å². The summed E-state index contributed by atoms with van der Waals surface area (Å²) in [6, 6.07) is 22.4. The number of H-pyrrole nitrogens is 1. The fourth-order valence-electron chi connectivity index (χ4n) is 4.60. The molecule has 1 aliphatic heterocycles. The number of ether oxygens (including phenoxy) is 1. The zero-order valence-electron chi connectivity index (χ0n) is 19.4. The first-order valence-electron chi connectivity index (χ1n) is 11.5. The summed E-state index contributed by atoms with van der Waals surface area (Å²) in [6.07, 6.45) is 0.412. The van der Waals surface area contributed by atoms with Gasteiger partial charge in [-0.05, 0) is 48.4 Å². The maximum absolute atomic E-state index is 13.4. The molecule has 0 radical (unpaired) electrons. The summed E-state index contributed by atoms with van der Waals surface area (Å²) < 4.78 is 5.55. The monoisotopic (exact) mass is 485 g/mol. The fraction of sp³-hybridized carbons (Fsp3) is 0.179. The second kappa shape index (κ2) is 9.39. The zero-order valence-corrected chi connectivity index (χ0v) is 20.2. The molecule has 6 nitrogen and oxygen atoms in total. The molecule has 1 atom stereocenters. The summed E-state index contributed by atoms with van der Waals surface area (Å²) in [6.45, 7) is 3.99. The minimum atomic E-state index is -0.317. The van der Waals surface area contributed by atoms with E-state index in [2.05, 4.69) is 10.1 Å². The van der Waals surface area contributed by atoms with Crippen LogP contribution >= 0.6 is 11.6 Å². The Hall–Kier alpha value is -3.90. The first-order chi connectivity index (χ1) is 17.0. The van der Waals surface area contributed by atoms with Crippen LogP contribution in [0.3, 0.4) is 0 Å². The number of para-hydroxylation sites is 1. The van der Waals surface area contributed by atoms with Crippen LogP contribution in [-0.4, -0.2) is 28.2 Å². The van der Waals surface area contributed by atoms with Crippen LogP contribution in [0.2, 0.25) is 5.02 Å². The van der Waals surface area contributed by atoms with E-state index in [1.807, 2.05) is 67.6 Å². The Bertz CT molecular complexity index is 1490. The molecule has 0 fully saturated rings. The SMILES string of the molecule is CCOc1ccc([C@H]2CC(c3c(-c4ccc(Cl)cc4)c4ccccc4[nH]c3=O)=NN2C(C)=O)cc1. The lowest BCUT2D eigenvalue weighted by molar-refractivity contribution is -0.130. The fourth-order valence-corrected chi connectivity index (χ4v) is 4.72. The maximum Gasteiger partial charge on any atom is 0.258 e. The smallest absolute Gasteiger partial charge is 0.258 e. The van der Waals surface area contributed by atoms with Gasteiger partial charge in [-0.2, -0.15) is 5.10 Å². The zero-order chi connectivity index (χ0) is 24.5. The van der Waals surface area contributed by atoms with Crippen molar-refractivity contribution >= 4 is 34.1 Å².